The number of morpholine rings is 1. The van der Waals surface area contributed by atoms with Gasteiger partial charge in [0, 0.05) is 57.4 Å². The fraction of sp³-hybridized carbons (Fsp3) is 0.652. The largest absolute Gasteiger partial charge is 0.497 e. The topological polar surface area (TPSA) is 83.1 Å². The Bertz CT molecular complexity index is 723. The van der Waals surface area contributed by atoms with Gasteiger partial charge in [-0.2, -0.15) is 0 Å². The third kappa shape index (κ3) is 7.11. The molecule has 1 aromatic rings. The molecule has 2 fully saturated rings. The van der Waals surface area contributed by atoms with Crippen molar-refractivity contribution in [3.05, 3.63) is 24.3 Å². The number of carbonyl (C=O) groups excluding carboxylic acids is 2. The Balaban J connectivity index is 1.42. The normalized spacial score (nSPS) is 22.1. The molecule has 0 radical (unpaired) electrons. The number of hydrogen-bond acceptors (Lipinski definition) is 5. The van der Waals surface area contributed by atoms with E-state index in [1.807, 2.05) is 29.2 Å². The fourth-order valence-corrected chi connectivity index (χ4v) is 4.39. The van der Waals surface area contributed by atoms with Gasteiger partial charge in [0.2, 0.25) is 5.91 Å². The molecule has 172 valence electrons. The standard InChI is InChI=1S/C23H36N4O4/c1-3-18-17-27(23(29)25-20-5-4-6-21(16-20)30-2)9-7-19(18)15-22(28)24-8-10-26-11-13-31-14-12-26/h4-6,16,18-19H,3,7-15,17H2,1-2H3,(H,24,28)(H,25,29)/t18-,19-/m0/s1. The van der Waals surface area contributed by atoms with Crippen molar-refractivity contribution in [3.63, 3.8) is 0 Å². The molecule has 0 bridgehead atoms. The predicted molar refractivity (Wildman–Crippen MR) is 120 cm³/mol. The van der Waals surface area contributed by atoms with Crippen LogP contribution in [0.25, 0.3) is 0 Å². The van der Waals surface area contributed by atoms with Gasteiger partial charge in [-0.1, -0.05) is 19.4 Å². The van der Waals surface area contributed by atoms with Crippen LogP contribution >= 0.6 is 0 Å². The van der Waals surface area contributed by atoms with Gasteiger partial charge in [0.05, 0.1) is 20.3 Å². The molecule has 0 saturated carbocycles. The second-order valence-electron chi connectivity index (χ2n) is 8.33. The maximum absolute atomic E-state index is 12.7. The predicted octanol–water partition coefficient (Wildman–Crippen LogP) is 2.41. The van der Waals surface area contributed by atoms with Crippen LogP contribution in [-0.2, 0) is 9.53 Å². The van der Waals surface area contributed by atoms with Crippen molar-refractivity contribution in [2.24, 2.45) is 11.8 Å². The Morgan fingerprint density at radius 2 is 2.00 bits per heavy atom. The lowest BCUT2D eigenvalue weighted by Gasteiger charge is -2.38. The molecule has 0 unspecified atom stereocenters. The number of methoxy groups -OCH3 is 1. The molecule has 0 spiro atoms. The number of urea groups is 1. The third-order valence-corrected chi connectivity index (χ3v) is 6.33. The van der Waals surface area contributed by atoms with E-state index in [1.165, 1.54) is 0 Å². The number of nitrogens with zero attached hydrogens (tertiary/aromatic N) is 2. The van der Waals surface area contributed by atoms with Crippen molar-refractivity contribution in [1.82, 2.24) is 15.1 Å². The number of rotatable bonds is 8. The van der Waals surface area contributed by atoms with E-state index in [2.05, 4.69) is 22.5 Å². The van der Waals surface area contributed by atoms with E-state index in [0.717, 1.165) is 51.4 Å². The van der Waals surface area contributed by atoms with Crippen LogP contribution in [0.4, 0.5) is 10.5 Å². The first-order valence-corrected chi connectivity index (χ1v) is 11.4. The third-order valence-electron chi connectivity index (χ3n) is 6.33. The molecule has 2 N–H and O–H groups in total. The summed E-state index contributed by atoms with van der Waals surface area (Å²) in [6.45, 7) is 8.44. The molecule has 1 aromatic carbocycles. The Labute approximate surface area is 185 Å². The second-order valence-corrected chi connectivity index (χ2v) is 8.33. The molecule has 0 aliphatic carbocycles. The Kier molecular flexibility index (Phi) is 8.97. The first kappa shape index (κ1) is 23.3. The molecule has 3 amide bonds. The molecule has 2 aliphatic rings. The summed E-state index contributed by atoms with van der Waals surface area (Å²) >= 11 is 0. The molecular formula is C23H36N4O4. The molecule has 3 rings (SSSR count). The van der Waals surface area contributed by atoms with Crippen LogP contribution in [0.5, 0.6) is 5.75 Å². The van der Waals surface area contributed by atoms with Crippen molar-refractivity contribution >= 4 is 17.6 Å². The van der Waals surface area contributed by atoms with Crippen LogP contribution < -0.4 is 15.4 Å². The zero-order valence-corrected chi connectivity index (χ0v) is 18.8. The van der Waals surface area contributed by atoms with Gasteiger partial charge in [-0.3, -0.25) is 9.69 Å². The number of hydrogen-bond donors (Lipinski definition) is 2. The maximum Gasteiger partial charge on any atom is 0.321 e. The molecule has 0 aromatic heterocycles. The maximum atomic E-state index is 12.7. The van der Waals surface area contributed by atoms with Gasteiger partial charge in [-0.25, -0.2) is 4.79 Å². The number of benzene rings is 1. The summed E-state index contributed by atoms with van der Waals surface area (Å²) in [6, 6.07) is 7.27. The second kappa shape index (κ2) is 11.9. The summed E-state index contributed by atoms with van der Waals surface area (Å²) < 4.78 is 10.6. The number of likely N-dealkylation sites (tertiary alicyclic amines) is 1. The van der Waals surface area contributed by atoms with Crippen LogP contribution in [0, 0.1) is 11.8 Å². The van der Waals surface area contributed by atoms with Crippen LogP contribution in [0.15, 0.2) is 24.3 Å². The highest BCUT2D eigenvalue weighted by molar-refractivity contribution is 5.89. The van der Waals surface area contributed by atoms with E-state index in [9.17, 15) is 9.59 Å². The smallest absolute Gasteiger partial charge is 0.321 e. The summed E-state index contributed by atoms with van der Waals surface area (Å²) in [4.78, 5) is 29.4. The molecule has 31 heavy (non-hydrogen) atoms. The van der Waals surface area contributed by atoms with Gasteiger partial charge >= 0.3 is 6.03 Å². The molecule has 2 heterocycles. The minimum absolute atomic E-state index is 0.0971. The molecule has 8 nitrogen and oxygen atoms in total. The zero-order valence-electron chi connectivity index (χ0n) is 18.8. The SMILES string of the molecule is CC[C@H]1CN(C(=O)Nc2cccc(OC)c2)CC[C@H]1CC(=O)NCCN1CCOCC1. The highest BCUT2D eigenvalue weighted by Gasteiger charge is 2.31. The van der Waals surface area contributed by atoms with Crippen molar-refractivity contribution in [1.29, 1.82) is 0 Å². The molecule has 2 aliphatic heterocycles. The summed E-state index contributed by atoms with van der Waals surface area (Å²) in [5.41, 5.74) is 0.721. The Hall–Kier alpha value is -2.32. The minimum atomic E-state index is -0.0971. The number of ether oxygens (including phenoxy) is 2. The lowest BCUT2D eigenvalue weighted by molar-refractivity contribution is -0.122. The molecule has 2 atom stereocenters. The summed E-state index contributed by atoms with van der Waals surface area (Å²) in [6.07, 6.45) is 2.34. The van der Waals surface area contributed by atoms with E-state index in [1.54, 1.807) is 7.11 Å². The quantitative estimate of drug-likeness (QED) is 0.659. The van der Waals surface area contributed by atoms with Gasteiger partial charge in [0.25, 0.3) is 0 Å². The van der Waals surface area contributed by atoms with Crippen LogP contribution in [0.3, 0.4) is 0 Å². The summed E-state index contributed by atoms with van der Waals surface area (Å²) in [5.74, 6) is 1.47. The number of anilines is 1. The van der Waals surface area contributed by atoms with E-state index in [4.69, 9.17) is 9.47 Å². The first-order chi connectivity index (χ1) is 15.1. The van der Waals surface area contributed by atoms with Crippen molar-refractivity contribution in [3.8, 4) is 5.75 Å². The van der Waals surface area contributed by atoms with E-state index in [0.29, 0.717) is 43.6 Å². The molecule has 2 saturated heterocycles. The van der Waals surface area contributed by atoms with E-state index < -0.39 is 0 Å². The van der Waals surface area contributed by atoms with Crippen molar-refractivity contribution in [2.75, 3.05) is 64.9 Å². The van der Waals surface area contributed by atoms with E-state index >= 15 is 0 Å². The van der Waals surface area contributed by atoms with Gasteiger partial charge in [0.1, 0.15) is 5.75 Å². The van der Waals surface area contributed by atoms with Crippen LogP contribution in [0.2, 0.25) is 0 Å². The summed E-state index contributed by atoms with van der Waals surface area (Å²) in [7, 11) is 1.61. The summed E-state index contributed by atoms with van der Waals surface area (Å²) in [5, 5.41) is 6.03. The van der Waals surface area contributed by atoms with Gasteiger partial charge in [-0.05, 0) is 30.4 Å². The minimum Gasteiger partial charge on any atom is -0.497 e. The molecular weight excluding hydrogens is 396 g/mol. The van der Waals surface area contributed by atoms with Crippen molar-refractivity contribution in [2.45, 2.75) is 26.2 Å². The van der Waals surface area contributed by atoms with E-state index in [-0.39, 0.29) is 11.9 Å². The van der Waals surface area contributed by atoms with Crippen LogP contribution in [0.1, 0.15) is 26.2 Å². The monoisotopic (exact) mass is 432 g/mol. The Morgan fingerprint density at radius 3 is 2.74 bits per heavy atom. The Morgan fingerprint density at radius 1 is 1.19 bits per heavy atom. The lowest BCUT2D eigenvalue weighted by Crippen LogP contribution is -2.46. The van der Waals surface area contributed by atoms with Gasteiger partial charge < -0.3 is 25.0 Å². The number of amides is 3. The first-order valence-electron chi connectivity index (χ1n) is 11.4. The van der Waals surface area contributed by atoms with Gasteiger partial charge in [-0.15, -0.1) is 0 Å². The zero-order chi connectivity index (χ0) is 22.1. The molecule has 8 heteroatoms. The highest BCUT2D eigenvalue weighted by atomic mass is 16.5. The average Bonchev–Trinajstić information content (AvgIpc) is 2.80. The number of nitrogens with one attached hydrogen (secondary N) is 2. The van der Waals surface area contributed by atoms with Crippen molar-refractivity contribution < 1.29 is 19.1 Å². The average molecular weight is 433 g/mol. The highest BCUT2D eigenvalue weighted by Crippen LogP contribution is 2.29. The van der Waals surface area contributed by atoms with Crippen LogP contribution in [-0.4, -0.2) is 81.3 Å². The number of piperidine rings is 1. The van der Waals surface area contributed by atoms with Gasteiger partial charge in [0.15, 0.2) is 0 Å². The number of carbonyl (C=O) groups is 2. The fourth-order valence-electron chi connectivity index (χ4n) is 4.39. The lowest BCUT2D eigenvalue weighted by atomic mass is 9.81.